The molecule has 1 amide bonds. The van der Waals surface area contributed by atoms with Crippen LogP contribution >= 0.6 is 11.6 Å². The molecule has 110 valence electrons. The third-order valence-electron chi connectivity index (χ3n) is 3.49. The molecule has 0 aliphatic rings. The number of amides is 1. The van der Waals surface area contributed by atoms with Gasteiger partial charge in [0.2, 0.25) is 0 Å². The van der Waals surface area contributed by atoms with Crippen molar-refractivity contribution in [2.24, 2.45) is 0 Å². The third-order valence-corrected chi connectivity index (χ3v) is 3.72. The normalized spacial score (nSPS) is 11.9. The van der Waals surface area contributed by atoms with Gasteiger partial charge in [0.15, 0.2) is 0 Å². The van der Waals surface area contributed by atoms with Crippen LogP contribution in [-0.2, 0) is 0 Å². The summed E-state index contributed by atoms with van der Waals surface area (Å²) in [5.41, 5.74) is 7.94. The van der Waals surface area contributed by atoms with E-state index in [4.69, 9.17) is 17.3 Å². The summed E-state index contributed by atoms with van der Waals surface area (Å²) in [6.07, 6.45) is 0.878. The SMILES string of the molecule is CC(CCNC(=O)c1ccc(Cl)cc1N)c1ccccc1. The highest BCUT2D eigenvalue weighted by atomic mass is 35.5. The zero-order valence-corrected chi connectivity index (χ0v) is 12.7. The number of rotatable bonds is 5. The second kappa shape index (κ2) is 7.14. The standard InChI is InChI=1S/C17H19ClN2O/c1-12(13-5-3-2-4-6-13)9-10-20-17(21)15-8-7-14(18)11-16(15)19/h2-8,11-12H,9-10,19H2,1H3,(H,20,21). The van der Waals surface area contributed by atoms with E-state index in [-0.39, 0.29) is 5.91 Å². The molecule has 0 heterocycles. The van der Waals surface area contributed by atoms with Crippen LogP contribution in [0.1, 0.15) is 35.2 Å². The van der Waals surface area contributed by atoms with Gasteiger partial charge >= 0.3 is 0 Å². The molecule has 1 unspecified atom stereocenters. The van der Waals surface area contributed by atoms with Gasteiger partial charge in [0.25, 0.3) is 5.91 Å². The van der Waals surface area contributed by atoms with Crippen LogP contribution in [-0.4, -0.2) is 12.5 Å². The second-order valence-corrected chi connectivity index (χ2v) is 5.52. The molecule has 0 radical (unpaired) electrons. The highest BCUT2D eigenvalue weighted by Crippen LogP contribution is 2.19. The quantitative estimate of drug-likeness (QED) is 0.824. The molecule has 4 heteroatoms. The zero-order chi connectivity index (χ0) is 15.2. The molecule has 0 saturated heterocycles. The summed E-state index contributed by atoms with van der Waals surface area (Å²) in [7, 11) is 0. The van der Waals surface area contributed by atoms with Gasteiger partial charge in [0, 0.05) is 17.3 Å². The molecule has 0 aliphatic carbocycles. The lowest BCUT2D eigenvalue weighted by Gasteiger charge is -2.13. The first-order valence-electron chi connectivity index (χ1n) is 6.96. The molecule has 0 bridgehead atoms. The summed E-state index contributed by atoms with van der Waals surface area (Å²) in [6, 6.07) is 15.2. The summed E-state index contributed by atoms with van der Waals surface area (Å²) >= 11 is 5.82. The predicted octanol–water partition coefficient (Wildman–Crippen LogP) is 3.85. The van der Waals surface area contributed by atoms with Crippen molar-refractivity contribution < 1.29 is 4.79 Å². The van der Waals surface area contributed by atoms with E-state index < -0.39 is 0 Å². The predicted molar refractivity (Wildman–Crippen MR) is 87.7 cm³/mol. The molecule has 2 aromatic carbocycles. The van der Waals surface area contributed by atoms with E-state index >= 15 is 0 Å². The number of nitrogens with two attached hydrogens (primary N) is 1. The van der Waals surface area contributed by atoms with E-state index in [1.54, 1.807) is 18.2 Å². The summed E-state index contributed by atoms with van der Waals surface area (Å²) in [4.78, 5) is 12.1. The van der Waals surface area contributed by atoms with Gasteiger partial charge in [-0.2, -0.15) is 0 Å². The number of nitrogen functional groups attached to an aromatic ring is 1. The Hall–Kier alpha value is -2.00. The second-order valence-electron chi connectivity index (χ2n) is 5.09. The zero-order valence-electron chi connectivity index (χ0n) is 12.0. The number of hydrogen-bond acceptors (Lipinski definition) is 2. The van der Waals surface area contributed by atoms with Crippen molar-refractivity contribution in [1.29, 1.82) is 0 Å². The van der Waals surface area contributed by atoms with Crippen molar-refractivity contribution in [1.82, 2.24) is 5.32 Å². The van der Waals surface area contributed by atoms with Gasteiger partial charge in [-0.1, -0.05) is 48.9 Å². The van der Waals surface area contributed by atoms with E-state index in [9.17, 15) is 4.79 Å². The van der Waals surface area contributed by atoms with Gasteiger partial charge in [-0.25, -0.2) is 0 Å². The maximum Gasteiger partial charge on any atom is 0.253 e. The molecule has 0 aromatic heterocycles. The van der Waals surface area contributed by atoms with Gasteiger partial charge in [0.1, 0.15) is 0 Å². The average molecular weight is 303 g/mol. The summed E-state index contributed by atoms with van der Waals surface area (Å²) in [5, 5.41) is 3.43. The van der Waals surface area contributed by atoms with E-state index in [1.165, 1.54) is 5.56 Å². The monoisotopic (exact) mass is 302 g/mol. The number of anilines is 1. The molecule has 0 spiro atoms. The fourth-order valence-electron chi connectivity index (χ4n) is 2.19. The van der Waals surface area contributed by atoms with E-state index in [0.717, 1.165) is 6.42 Å². The fraction of sp³-hybridized carbons (Fsp3) is 0.235. The molecule has 2 aromatic rings. The van der Waals surface area contributed by atoms with Crippen LogP contribution in [0.25, 0.3) is 0 Å². The number of nitrogens with one attached hydrogen (secondary N) is 1. The summed E-state index contributed by atoms with van der Waals surface area (Å²) in [5.74, 6) is 0.235. The first-order chi connectivity index (χ1) is 10.1. The summed E-state index contributed by atoms with van der Waals surface area (Å²) < 4.78 is 0. The van der Waals surface area contributed by atoms with Crippen molar-refractivity contribution in [2.75, 3.05) is 12.3 Å². The van der Waals surface area contributed by atoms with Gasteiger partial charge in [0.05, 0.1) is 5.56 Å². The van der Waals surface area contributed by atoms with E-state index in [2.05, 4.69) is 24.4 Å². The first-order valence-corrected chi connectivity index (χ1v) is 7.34. The highest BCUT2D eigenvalue weighted by Gasteiger charge is 2.10. The topological polar surface area (TPSA) is 55.1 Å². The minimum Gasteiger partial charge on any atom is -0.398 e. The van der Waals surface area contributed by atoms with Crippen LogP contribution in [0, 0.1) is 0 Å². The Balaban J connectivity index is 1.87. The van der Waals surface area contributed by atoms with Crippen LogP contribution < -0.4 is 11.1 Å². The van der Waals surface area contributed by atoms with Crippen LogP contribution in [0.3, 0.4) is 0 Å². The maximum absolute atomic E-state index is 12.1. The van der Waals surface area contributed by atoms with Crippen LogP contribution in [0.5, 0.6) is 0 Å². The smallest absolute Gasteiger partial charge is 0.253 e. The Morgan fingerprint density at radius 3 is 2.62 bits per heavy atom. The molecule has 2 rings (SSSR count). The van der Waals surface area contributed by atoms with Crippen LogP contribution in [0.15, 0.2) is 48.5 Å². The molecule has 0 saturated carbocycles. The average Bonchev–Trinajstić information content (AvgIpc) is 2.47. The minimum absolute atomic E-state index is 0.163. The largest absolute Gasteiger partial charge is 0.398 e. The lowest BCUT2D eigenvalue weighted by Crippen LogP contribution is -2.26. The van der Waals surface area contributed by atoms with Crippen molar-refractivity contribution in [3.8, 4) is 0 Å². The third kappa shape index (κ3) is 4.23. The Kier molecular flexibility index (Phi) is 5.23. The minimum atomic E-state index is -0.163. The van der Waals surface area contributed by atoms with Gasteiger partial charge in [-0.05, 0) is 36.1 Å². The molecular weight excluding hydrogens is 284 g/mol. The first kappa shape index (κ1) is 15.4. The lowest BCUT2D eigenvalue weighted by atomic mass is 9.98. The molecule has 3 nitrogen and oxygen atoms in total. The van der Waals surface area contributed by atoms with Gasteiger partial charge in [-0.15, -0.1) is 0 Å². The fourth-order valence-corrected chi connectivity index (χ4v) is 2.37. The molecule has 21 heavy (non-hydrogen) atoms. The molecule has 0 fully saturated rings. The Morgan fingerprint density at radius 1 is 1.24 bits per heavy atom. The van der Waals surface area contributed by atoms with Crippen molar-refractivity contribution in [2.45, 2.75) is 19.3 Å². The molecule has 1 atom stereocenters. The summed E-state index contributed by atoms with van der Waals surface area (Å²) in [6.45, 7) is 2.76. The highest BCUT2D eigenvalue weighted by molar-refractivity contribution is 6.31. The maximum atomic E-state index is 12.1. The van der Waals surface area contributed by atoms with Crippen LogP contribution in [0.2, 0.25) is 5.02 Å². The Bertz CT molecular complexity index is 613. The number of carbonyl (C=O) groups excluding carboxylic acids is 1. The number of benzene rings is 2. The lowest BCUT2D eigenvalue weighted by molar-refractivity contribution is 0.0953. The number of carbonyl (C=O) groups is 1. The van der Waals surface area contributed by atoms with E-state index in [1.807, 2.05) is 18.2 Å². The Morgan fingerprint density at radius 2 is 1.95 bits per heavy atom. The van der Waals surface area contributed by atoms with Crippen LogP contribution in [0.4, 0.5) is 5.69 Å². The van der Waals surface area contributed by atoms with Gasteiger partial charge in [-0.3, -0.25) is 4.79 Å². The number of halogens is 1. The number of hydrogen-bond donors (Lipinski definition) is 2. The molecule has 3 N–H and O–H groups in total. The van der Waals surface area contributed by atoms with Crippen molar-refractivity contribution >= 4 is 23.2 Å². The molecule has 0 aliphatic heterocycles. The van der Waals surface area contributed by atoms with Crippen molar-refractivity contribution in [3.63, 3.8) is 0 Å². The van der Waals surface area contributed by atoms with Gasteiger partial charge < -0.3 is 11.1 Å². The van der Waals surface area contributed by atoms with E-state index in [0.29, 0.717) is 28.7 Å². The molecular formula is C17H19ClN2O. The van der Waals surface area contributed by atoms with Crippen molar-refractivity contribution in [3.05, 3.63) is 64.7 Å². The Labute approximate surface area is 130 Å².